The van der Waals surface area contributed by atoms with Crippen molar-refractivity contribution in [3.8, 4) is 0 Å². The fraction of sp³-hybridized carbons (Fsp3) is 0.543. The number of phosphoric ester groups is 1. The van der Waals surface area contributed by atoms with E-state index in [1.807, 2.05) is 49.5 Å². The van der Waals surface area contributed by atoms with Gasteiger partial charge in [-0.3, -0.25) is 23.4 Å². The molecule has 0 saturated heterocycles. The summed E-state index contributed by atoms with van der Waals surface area (Å²) in [7, 11) is -4.76. The van der Waals surface area contributed by atoms with Gasteiger partial charge in [-0.2, -0.15) is 0 Å². The molecule has 1 unspecified atom stereocenters. The smallest absolute Gasteiger partial charge is 0.472 e. The first kappa shape index (κ1) is 55.1. The highest BCUT2D eigenvalue weighted by molar-refractivity contribution is 7.47. The summed E-state index contributed by atoms with van der Waals surface area (Å²) in [6.45, 7) is 2.29. The van der Waals surface area contributed by atoms with E-state index < -0.39 is 63.8 Å². The third kappa shape index (κ3) is 39.3. The number of esters is 2. The quantitative estimate of drug-likeness (QED) is 0.0152. The second kappa shape index (κ2) is 39.6. The SMILES string of the molecule is CCCCC/C=C\C/C=C\C/C=C\C/C=C\CCCC(=O)O[C@H](COC(=O)CCC/C=C\C/C=C\C/C=C\C/C=C\C=C\[C@@H](O)CC)COP(=O)(O)OC[C@H](N)C(=O)O. The highest BCUT2D eigenvalue weighted by Gasteiger charge is 2.28. The predicted octanol–water partition coefficient (Wildman–Crippen LogP) is 10.0. The maximum atomic E-state index is 12.6. The van der Waals surface area contributed by atoms with Gasteiger partial charge in [0.2, 0.25) is 0 Å². The molecule has 0 spiro atoms. The molecule has 59 heavy (non-hydrogen) atoms. The van der Waals surface area contributed by atoms with Crippen LogP contribution in [-0.2, 0) is 37.5 Å². The highest BCUT2D eigenvalue weighted by Crippen LogP contribution is 2.43. The van der Waals surface area contributed by atoms with Crippen LogP contribution in [0.2, 0.25) is 0 Å². The maximum Gasteiger partial charge on any atom is 0.472 e. The van der Waals surface area contributed by atoms with Crippen LogP contribution in [0.5, 0.6) is 0 Å². The molecule has 0 heterocycles. The van der Waals surface area contributed by atoms with Crippen LogP contribution < -0.4 is 5.73 Å². The van der Waals surface area contributed by atoms with E-state index in [0.717, 1.165) is 44.9 Å². The normalized spacial score (nSPS) is 15.3. The zero-order valence-electron chi connectivity index (χ0n) is 35.4. The molecule has 12 nitrogen and oxygen atoms in total. The number of nitrogens with two attached hydrogens (primary N) is 1. The number of hydrogen-bond acceptors (Lipinski definition) is 10. The molecule has 0 bridgehead atoms. The Morgan fingerprint density at radius 3 is 1.56 bits per heavy atom. The highest BCUT2D eigenvalue weighted by atomic mass is 31.2. The van der Waals surface area contributed by atoms with E-state index in [1.165, 1.54) is 19.3 Å². The van der Waals surface area contributed by atoms with Crippen molar-refractivity contribution in [3.63, 3.8) is 0 Å². The number of aliphatic hydroxyl groups is 1. The number of aliphatic hydroxyl groups excluding tert-OH is 1. The first-order valence-corrected chi connectivity index (χ1v) is 22.5. The fourth-order valence-corrected chi connectivity index (χ4v) is 5.47. The molecule has 0 aliphatic rings. The molecule has 0 aromatic carbocycles. The van der Waals surface area contributed by atoms with Crippen molar-refractivity contribution in [2.24, 2.45) is 5.73 Å². The van der Waals surface area contributed by atoms with Gasteiger partial charge in [0.1, 0.15) is 12.6 Å². The van der Waals surface area contributed by atoms with Gasteiger partial charge in [-0.25, -0.2) is 4.57 Å². The van der Waals surface area contributed by atoms with E-state index in [2.05, 4.69) is 72.2 Å². The lowest BCUT2D eigenvalue weighted by molar-refractivity contribution is -0.161. The van der Waals surface area contributed by atoms with Gasteiger partial charge in [0, 0.05) is 12.8 Å². The Morgan fingerprint density at radius 1 is 0.610 bits per heavy atom. The lowest BCUT2D eigenvalue weighted by Gasteiger charge is -2.20. The number of allylic oxidation sites excluding steroid dienone is 17. The Morgan fingerprint density at radius 2 is 1.07 bits per heavy atom. The minimum Gasteiger partial charge on any atom is -0.480 e. The van der Waals surface area contributed by atoms with Crippen LogP contribution in [0.15, 0.2) is 109 Å². The van der Waals surface area contributed by atoms with Gasteiger partial charge in [-0.15, -0.1) is 0 Å². The van der Waals surface area contributed by atoms with Gasteiger partial charge < -0.3 is 30.3 Å². The van der Waals surface area contributed by atoms with Gasteiger partial charge in [0.25, 0.3) is 0 Å². The number of rotatable bonds is 37. The number of carboxylic acids is 1. The average molecular weight is 846 g/mol. The predicted molar refractivity (Wildman–Crippen MR) is 236 cm³/mol. The van der Waals surface area contributed by atoms with Crippen LogP contribution in [-0.4, -0.2) is 71.1 Å². The van der Waals surface area contributed by atoms with E-state index in [4.69, 9.17) is 24.8 Å². The molecule has 0 rings (SSSR count). The van der Waals surface area contributed by atoms with Gasteiger partial charge >= 0.3 is 25.7 Å². The summed E-state index contributed by atoms with van der Waals surface area (Å²) in [5.41, 5.74) is 5.32. The summed E-state index contributed by atoms with van der Waals surface area (Å²) in [6.07, 6.45) is 48.3. The topological polar surface area (TPSA) is 192 Å². The van der Waals surface area contributed by atoms with Crippen LogP contribution in [0, 0.1) is 0 Å². The first-order chi connectivity index (χ1) is 28.5. The Balaban J connectivity index is 4.62. The van der Waals surface area contributed by atoms with Crippen LogP contribution in [0.25, 0.3) is 0 Å². The van der Waals surface area contributed by atoms with Crippen molar-refractivity contribution in [2.45, 2.75) is 141 Å². The Labute approximate surface area is 353 Å². The van der Waals surface area contributed by atoms with Crippen molar-refractivity contribution in [1.82, 2.24) is 0 Å². The Hall–Kier alpha value is -3.90. The third-order valence-electron chi connectivity index (χ3n) is 8.16. The summed E-state index contributed by atoms with van der Waals surface area (Å²) < 4.78 is 32.5. The first-order valence-electron chi connectivity index (χ1n) is 21.0. The van der Waals surface area contributed by atoms with Crippen LogP contribution in [0.3, 0.4) is 0 Å². The fourth-order valence-electron chi connectivity index (χ4n) is 4.69. The van der Waals surface area contributed by atoms with E-state index in [9.17, 15) is 28.9 Å². The number of unbranched alkanes of at least 4 members (excludes halogenated alkanes) is 5. The second-order valence-electron chi connectivity index (χ2n) is 13.6. The van der Waals surface area contributed by atoms with Gasteiger partial charge in [0.05, 0.1) is 19.3 Å². The zero-order valence-corrected chi connectivity index (χ0v) is 36.3. The lowest BCUT2D eigenvalue weighted by Crippen LogP contribution is -2.34. The number of ether oxygens (including phenoxy) is 2. The zero-order chi connectivity index (χ0) is 43.7. The molecule has 0 fully saturated rings. The maximum absolute atomic E-state index is 12.6. The van der Waals surface area contributed by atoms with Crippen molar-refractivity contribution in [3.05, 3.63) is 109 Å². The third-order valence-corrected chi connectivity index (χ3v) is 9.11. The van der Waals surface area contributed by atoms with Crippen molar-refractivity contribution in [2.75, 3.05) is 19.8 Å². The molecule has 0 radical (unpaired) electrons. The van der Waals surface area contributed by atoms with E-state index in [1.54, 1.807) is 6.08 Å². The van der Waals surface area contributed by atoms with E-state index >= 15 is 0 Å². The van der Waals surface area contributed by atoms with Gasteiger partial charge in [-0.05, 0) is 83.5 Å². The van der Waals surface area contributed by atoms with Crippen LogP contribution in [0.1, 0.15) is 123 Å². The van der Waals surface area contributed by atoms with Crippen LogP contribution in [0.4, 0.5) is 0 Å². The number of carbonyl (C=O) groups is 3. The number of phosphoric acid groups is 1. The molecule has 13 heteroatoms. The van der Waals surface area contributed by atoms with Crippen LogP contribution >= 0.6 is 7.82 Å². The standard InChI is InChI=1S/C46H72NO11P/c1-3-5-6-7-8-9-10-11-12-13-14-19-22-25-28-31-34-37-45(50)58-42(39-56-59(53,54)57-40-43(47)46(51)52)38-55-44(49)36-33-30-27-24-21-18-16-15-17-20-23-26-29-32-35-41(48)4-2/h8-9,11-12,14,16-20,24-29,32,35,41-43,48H,3-7,10,13,15,21-23,30-31,33-34,36-40,47H2,1-2H3,(H,51,52)(H,53,54)/b9-8-,12-11-,18-16-,19-14-,20-17-,27-24-,28-25-,29-26-,35-32+/t41-,42+,43-/m0/s1. The van der Waals surface area contributed by atoms with Crippen molar-refractivity contribution >= 4 is 25.7 Å². The number of carbonyl (C=O) groups excluding carboxylic acids is 2. The minimum atomic E-state index is -4.76. The molecule has 332 valence electrons. The molecular weight excluding hydrogens is 773 g/mol. The molecule has 0 aliphatic heterocycles. The van der Waals surface area contributed by atoms with Gasteiger partial charge in [-0.1, -0.05) is 136 Å². The van der Waals surface area contributed by atoms with Gasteiger partial charge in [0.15, 0.2) is 6.10 Å². The average Bonchev–Trinajstić information content (AvgIpc) is 3.21. The lowest BCUT2D eigenvalue weighted by atomic mass is 10.2. The number of aliphatic carboxylic acids is 1. The second-order valence-corrected chi connectivity index (χ2v) is 15.0. The molecule has 0 aliphatic carbocycles. The van der Waals surface area contributed by atoms with Crippen molar-refractivity contribution < 1.29 is 52.6 Å². The molecule has 0 aromatic rings. The summed E-state index contributed by atoms with van der Waals surface area (Å²) >= 11 is 0. The summed E-state index contributed by atoms with van der Waals surface area (Å²) in [5.74, 6) is -2.57. The molecule has 5 N–H and O–H groups in total. The Kier molecular flexibility index (Phi) is 36.9. The monoisotopic (exact) mass is 845 g/mol. The molecular formula is C46H72NO11P. The minimum absolute atomic E-state index is 0.0589. The summed E-state index contributed by atoms with van der Waals surface area (Å²) in [6, 6.07) is -1.55. The molecule has 0 saturated carbocycles. The number of hydrogen-bond donors (Lipinski definition) is 4. The molecule has 0 amide bonds. The Bertz CT molecular complexity index is 1430. The molecule has 4 atom stereocenters. The van der Waals surface area contributed by atoms with Crippen molar-refractivity contribution in [1.29, 1.82) is 0 Å². The summed E-state index contributed by atoms with van der Waals surface area (Å²) in [4.78, 5) is 45.9. The number of carboxylic acid groups (broad SMARTS) is 1. The van der Waals surface area contributed by atoms with E-state index in [0.29, 0.717) is 32.1 Å². The van der Waals surface area contributed by atoms with E-state index in [-0.39, 0.29) is 12.8 Å². The largest absolute Gasteiger partial charge is 0.480 e. The summed E-state index contributed by atoms with van der Waals surface area (Å²) in [5, 5.41) is 18.3. The molecule has 0 aromatic heterocycles.